The third-order valence-electron chi connectivity index (χ3n) is 5.60. The molecular weight excluding hydrogens is 444 g/mol. The molecule has 172 valence electrons. The number of benzene rings is 1. The number of aromatic nitrogens is 2. The summed E-state index contributed by atoms with van der Waals surface area (Å²) >= 11 is 1.58. The Morgan fingerprint density at radius 1 is 1.15 bits per heavy atom. The van der Waals surface area contributed by atoms with Crippen LogP contribution < -0.4 is 15.5 Å². The van der Waals surface area contributed by atoms with Gasteiger partial charge in [0.15, 0.2) is 5.82 Å². The van der Waals surface area contributed by atoms with Crippen molar-refractivity contribution in [3.8, 4) is 6.07 Å². The van der Waals surface area contributed by atoms with Crippen LogP contribution in [-0.2, 0) is 6.42 Å². The lowest BCUT2D eigenvalue weighted by molar-refractivity contribution is 0.149. The Morgan fingerprint density at radius 2 is 1.94 bits per heavy atom. The fourth-order valence-corrected chi connectivity index (χ4v) is 4.33. The second-order valence-electron chi connectivity index (χ2n) is 7.94. The number of hydrogen-bond donors (Lipinski definition) is 2. The molecule has 1 saturated heterocycles. The first-order chi connectivity index (χ1) is 15.9. The van der Waals surface area contributed by atoms with Gasteiger partial charge in [-0.3, -0.25) is 0 Å². The van der Waals surface area contributed by atoms with Crippen molar-refractivity contribution in [2.45, 2.75) is 19.8 Å². The summed E-state index contributed by atoms with van der Waals surface area (Å²) in [6.45, 7) is 5.55. The van der Waals surface area contributed by atoms with Gasteiger partial charge < -0.3 is 20.4 Å². The van der Waals surface area contributed by atoms with Crippen LogP contribution in [0.5, 0.6) is 0 Å². The number of nitriles is 1. The molecule has 33 heavy (non-hydrogen) atoms. The minimum atomic E-state index is -2.48. The van der Waals surface area contributed by atoms with Crippen LogP contribution >= 0.6 is 11.3 Å². The van der Waals surface area contributed by atoms with E-state index in [0.29, 0.717) is 22.6 Å². The number of anilines is 5. The van der Waals surface area contributed by atoms with Gasteiger partial charge in [-0.05, 0) is 49.2 Å². The number of rotatable bonds is 7. The monoisotopic (exact) mass is 469 g/mol. The molecule has 0 bridgehead atoms. The summed E-state index contributed by atoms with van der Waals surface area (Å²) in [6.07, 6.45) is -1.43. The molecule has 2 N–H and O–H groups in total. The molecule has 0 spiro atoms. The van der Waals surface area contributed by atoms with E-state index in [-0.39, 0.29) is 12.4 Å². The zero-order valence-corrected chi connectivity index (χ0v) is 19.3. The van der Waals surface area contributed by atoms with E-state index < -0.39 is 6.43 Å². The topological polar surface area (TPSA) is 80.1 Å². The molecule has 0 saturated carbocycles. The summed E-state index contributed by atoms with van der Waals surface area (Å²) < 4.78 is 26.7. The van der Waals surface area contributed by atoms with E-state index in [2.05, 4.69) is 43.5 Å². The lowest BCUT2D eigenvalue weighted by Gasteiger charge is -2.34. The number of halogens is 2. The minimum absolute atomic E-state index is 0.229. The lowest BCUT2D eigenvalue weighted by Crippen LogP contribution is -2.44. The number of alkyl halides is 2. The Bertz CT molecular complexity index is 1150. The van der Waals surface area contributed by atoms with E-state index in [1.165, 1.54) is 6.20 Å². The fraction of sp³-hybridized carbons (Fsp3) is 0.348. The third kappa shape index (κ3) is 5.56. The van der Waals surface area contributed by atoms with Crippen molar-refractivity contribution in [3.05, 3.63) is 51.8 Å². The van der Waals surface area contributed by atoms with Gasteiger partial charge in [0.2, 0.25) is 12.4 Å². The summed E-state index contributed by atoms with van der Waals surface area (Å²) in [5.41, 5.74) is 3.11. The summed E-state index contributed by atoms with van der Waals surface area (Å²) in [5, 5.41) is 17.6. The molecule has 2 aromatic heterocycles. The van der Waals surface area contributed by atoms with Crippen LogP contribution in [0.3, 0.4) is 0 Å². The van der Waals surface area contributed by atoms with Crippen LogP contribution in [0.25, 0.3) is 0 Å². The second-order valence-corrected chi connectivity index (χ2v) is 9.06. The molecule has 3 heterocycles. The fourth-order valence-electron chi connectivity index (χ4n) is 3.68. The minimum Gasteiger partial charge on any atom is -0.369 e. The number of thiophene rings is 1. The normalized spacial score (nSPS) is 14.4. The average molecular weight is 470 g/mol. The number of piperazine rings is 1. The van der Waals surface area contributed by atoms with Crippen molar-refractivity contribution < 1.29 is 8.78 Å². The Morgan fingerprint density at radius 3 is 2.61 bits per heavy atom. The molecule has 0 aliphatic carbocycles. The Hall–Kier alpha value is -3.29. The van der Waals surface area contributed by atoms with Crippen LogP contribution in [0.1, 0.15) is 16.0 Å². The molecule has 1 fully saturated rings. The SMILES string of the molecule is Cc1sccc1Nc1nc(Nc2ccc(N3CCN(C)CC3)cc2CC(F)F)ncc1C#N. The first-order valence-corrected chi connectivity index (χ1v) is 11.5. The van der Waals surface area contributed by atoms with Crippen molar-refractivity contribution in [1.29, 1.82) is 5.26 Å². The van der Waals surface area contributed by atoms with Gasteiger partial charge in [0.1, 0.15) is 11.6 Å². The van der Waals surface area contributed by atoms with E-state index in [4.69, 9.17) is 0 Å². The predicted molar refractivity (Wildman–Crippen MR) is 128 cm³/mol. The maximum atomic E-state index is 13.4. The van der Waals surface area contributed by atoms with E-state index >= 15 is 0 Å². The number of likely N-dealkylation sites (N-methyl/N-ethyl adjacent to an activating group) is 1. The van der Waals surface area contributed by atoms with Gasteiger partial charge in [0.05, 0.1) is 11.9 Å². The van der Waals surface area contributed by atoms with Gasteiger partial charge in [-0.25, -0.2) is 13.8 Å². The summed E-state index contributed by atoms with van der Waals surface area (Å²) in [7, 11) is 2.08. The molecule has 0 unspecified atom stereocenters. The van der Waals surface area contributed by atoms with Gasteiger partial charge in [0.25, 0.3) is 0 Å². The smallest absolute Gasteiger partial charge is 0.242 e. The van der Waals surface area contributed by atoms with Gasteiger partial charge >= 0.3 is 0 Å². The highest BCUT2D eigenvalue weighted by atomic mass is 32.1. The van der Waals surface area contributed by atoms with Gasteiger partial charge in [-0.15, -0.1) is 11.3 Å². The molecule has 0 atom stereocenters. The van der Waals surface area contributed by atoms with Gasteiger partial charge in [-0.2, -0.15) is 10.2 Å². The zero-order valence-electron chi connectivity index (χ0n) is 18.5. The molecule has 1 aliphatic heterocycles. The molecule has 0 radical (unpaired) electrons. The van der Waals surface area contributed by atoms with E-state index in [1.54, 1.807) is 17.4 Å². The molecule has 0 amide bonds. The van der Waals surface area contributed by atoms with E-state index in [1.807, 2.05) is 30.5 Å². The molecule has 1 aromatic carbocycles. The Labute approximate surface area is 195 Å². The van der Waals surface area contributed by atoms with Crippen LogP contribution in [0, 0.1) is 18.3 Å². The third-order valence-corrected chi connectivity index (χ3v) is 6.44. The Balaban J connectivity index is 1.60. The Kier molecular flexibility index (Phi) is 7.01. The van der Waals surface area contributed by atoms with Crippen LogP contribution in [-0.4, -0.2) is 54.5 Å². The maximum absolute atomic E-state index is 13.4. The summed E-state index contributed by atoms with van der Waals surface area (Å²) in [4.78, 5) is 14.2. The predicted octanol–water partition coefficient (Wildman–Crippen LogP) is 4.76. The van der Waals surface area contributed by atoms with Crippen molar-refractivity contribution >= 4 is 40.2 Å². The molecule has 1 aliphatic rings. The average Bonchev–Trinajstić information content (AvgIpc) is 3.20. The van der Waals surface area contributed by atoms with E-state index in [0.717, 1.165) is 42.4 Å². The maximum Gasteiger partial charge on any atom is 0.242 e. The molecule has 10 heteroatoms. The first-order valence-electron chi connectivity index (χ1n) is 10.6. The van der Waals surface area contributed by atoms with E-state index in [9.17, 15) is 14.0 Å². The standard InChI is InChI=1S/C23H25F2N7S/c1-15-19(5-10-33-15)28-22-17(13-26)14-27-23(30-22)29-20-4-3-18(11-16(20)12-21(24)25)32-8-6-31(2)7-9-32/h3-5,10-11,14,21H,6-9,12H2,1-2H3,(H2,27,28,29,30). The first kappa shape index (κ1) is 22.9. The number of hydrogen-bond acceptors (Lipinski definition) is 8. The lowest BCUT2D eigenvalue weighted by atomic mass is 10.1. The zero-order chi connectivity index (χ0) is 23.4. The van der Waals surface area contributed by atoms with Crippen molar-refractivity contribution in [3.63, 3.8) is 0 Å². The number of aryl methyl sites for hydroxylation is 1. The van der Waals surface area contributed by atoms with Crippen LogP contribution in [0.2, 0.25) is 0 Å². The molecule has 7 nitrogen and oxygen atoms in total. The summed E-state index contributed by atoms with van der Waals surface area (Å²) in [6, 6.07) is 9.54. The molecular formula is C23H25F2N7S. The van der Waals surface area contributed by atoms with Crippen LogP contribution in [0.4, 0.5) is 37.6 Å². The largest absolute Gasteiger partial charge is 0.369 e. The highest BCUT2D eigenvalue weighted by Gasteiger charge is 2.18. The quantitative estimate of drug-likeness (QED) is 0.516. The van der Waals surface area contributed by atoms with Crippen LogP contribution in [0.15, 0.2) is 35.8 Å². The molecule has 3 aromatic rings. The summed E-state index contributed by atoms with van der Waals surface area (Å²) in [5.74, 6) is 0.591. The second kappa shape index (κ2) is 10.1. The number of nitrogens with zero attached hydrogens (tertiary/aromatic N) is 5. The van der Waals surface area contributed by atoms with Crippen molar-refractivity contribution in [1.82, 2.24) is 14.9 Å². The van der Waals surface area contributed by atoms with Crippen molar-refractivity contribution in [2.75, 3.05) is 48.8 Å². The highest BCUT2D eigenvalue weighted by molar-refractivity contribution is 7.10. The highest BCUT2D eigenvalue weighted by Crippen LogP contribution is 2.30. The van der Waals surface area contributed by atoms with Crippen molar-refractivity contribution in [2.24, 2.45) is 0 Å². The van der Waals surface area contributed by atoms with Gasteiger partial charge in [0, 0.05) is 48.9 Å². The molecule has 4 rings (SSSR count). The van der Waals surface area contributed by atoms with Gasteiger partial charge in [-0.1, -0.05) is 0 Å². The number of nitrogens with one attached hydrogen (secondary N) is 2.